The van der Waals surface area contributed by atoms with E-state index in [9.17, 15) is 8.78 Å². The summed E-state index contributed by atoms with van der Waals surface area (Å²) in [5, 5.41) is 8.65. The zero-order chi connectivity index (χ0) is 15.6. The van der Waals surface area contributed by atoms with E-state index in [-0.39, 0.29) is 27.9 Å². The molecule has 0 bridgehead atoms. The van der Waals surface area contributed by atoms with Gasteiger partial charge < -0.3 is 9.47 Å². The maximum Gasteiger partial charge on any atom is 0.177 e. The summed E-state index contributed by atoms with van der Waals surface area (Å²) in [5.41, 5.74) is -0.389. The van der Waals surface area contributed by atoms with Crippen molar-refractivity contribution < 1.29 is 18.3 Å². The van der Waals surface area contributed by atoms with Gasteiger partial charge in [-0.1, -0.05) is 11.6 Å². The third kappa shape index (κ3) is 2.60. The van der Waals surface area contributed by atoms with Gasteiger partial charge in [0, 0.05) is 6.07 Å². The minimum absolute atomic E-state index is 0.0637. The lowest BCUT2D eigenvalue weighted by molar-refractivity contribution is 0.359. The first kappa shape index (κ1) is 15.0. The van der Waals surface area contributed by atoms with Gasteiger partial charge in [-0.3, -0.25) is 0 Å². The van der Waals surface area contributed by atoms with Gasteiger partial charge in [0.05, 0.1) is 31.0 Å². The Labute approximate surface area is 124 Å². The van der Waals surface area contributed by atoms with E-state index in [0.29, 0.717) is 0 Å². The maximum absolute atomic E-state index is 14.3. The van der Waals surface area contributed by atoms with Crippen molar-refractivity contribution in [2.45, 2.75) is 0 Å². The molecule has 0 amide bonds. The molecule has 0 spiro atoms. The number of nitrogens with zero attached hydrogens (tertiary/aromatic N) is 2. The molecule has 0 unspecified atom stereocenters. The van der Waals surface area contributed by atoms with Crippen molar-refractivity contribution in [3.63, 3.8) is 0 Å². The summed E-state index contributed by atoms with van der Waals surface area (Å²) in [7, 11) is 2.50. The van der Waals surface area contributed by atoms with Crippen LogP contribution in [0.4, 0.5) is 8.78 Å². The Balaban J connectivity index is 2.74. The average molecular weight is 311 g/mol. The molecule has 1 aromatic heterocycles. The van der Waals surface area contributed by atoms with Crippen LogP contribution in [-0.2, 0) is 0 Å². The number of ether oxygens (including phenoxy) is 2. The van der Waals surface area contributed by atoms with E-state index in [0.717, 1.165) is 6.07 Å². The summed E-state index contributed by atoms with van der Waals surface area (Å²) in [6.45, 7) is 0. The number of nitriles is 1. The van der Waals surface area contributed by atoms with E-state index in [1.807, 2.05) is 6.07 Å². The zero-order valence-corrected chi connectivity index (χ0v) is 11.8. The number of aromatic nitrogens is 1. The number of halogens is 3. The van der Waals surface area contributed by atoms with E-state index in [4.69, 9.17) is 26.3 Å². The van der Waals surface area contributed by atoms with Crippen LogP contribution in [0.25, 0.3) is 11.3 Å². The van der Waals surface area contributed by atoms with Crippen LogP contribution in [0.1, 0.15) is 5.56 Å². The highest BCUT2D eigenvalue weighted by Crippen LogP contribution is 2.37. The fourth-order valence-corrected chi connectivity index (χ4v) is 1.96. The Morgan fingerprint density at radius 3 is 2.14 bits per heavy atom. The number of benzene rings is 1. The van der Waals surface area contributed by atoms with E-state index in [2.05, 4.69) is 4.98 Å². The topological polar surface area (TPSA) is 55.1 Å². The highest BCUT2D eigenvalue weighted by Gasteiger charge is 2.22. The van der Waals surface area contributed by atoms with Crippen LogP contribution in [0, 0.1) is 23.0 Å². The summed E-state index contributed by atoms with van der Waals surface area (Å²) in [4.78, 5) is 3.84. The maximum atomic E-state index is 14.3. The SMILES string of the molecule is COc1cc(OC)c(F)c(-c2ccc(C#N)c(Cl)n2)c1F. The van der Waals surface area contributed by atoms with Crippen LogP contribution < -0.4 is 9.47 Å². The normalized spacial score (nSPS) is 10.1. The van der Waals surface area contributed by atoms with Crippen molar-refractivity contribution in [3.05, 3.63) is 40.6 Å². The number of rotatable bonds is 3. The lowest BCUT2D eigenvalue weighted by Crippen LogP contribution is -2.00. The van der Waals surface area contributed by atoms with Crippen LogP contribution in [-0.4, -0.2) is 19.2 Å². The predicted octanol–water partition coefficient (Wildman–Crippen LogP) is 3.57. The quantitative estimate of drug-likeness (QED) is 0.813. The highest BCUT2D eigenvalue weighted by molar-refractivity contribution is 6.30. The van der Waals surface area contributed by atoms with Crippen LogP contribution in [0.15, 0.2) is 18.2 Å². The first-order valence-corrected chi connectivity index (χ1v) is 6.08. The fourth-order valence-electron chi connectivity index (χ4n) is 1.77. The Morgan fingerprint density at radius 1 is 1.14 bits per heavy atom. The number of pyridine rings is 1. The molecule has 108 valence electrons. The molecule has 0 saturated carbocycles. The molecule has 1 aromatic carbocycles. The van der Waals surface area contributed by atoms with Crippen LogP contribution in [0.3, 0.4) is 0 Å². The molecule has 0 aliphatic carbocycles. The van der Waals surface area contributed by atoms with Gasteiger partial charge in [0.1, 0.15) is 11.2 Å². The van der Waals surface area contributed by atoms with Crippen LogP contribution in [0.5, 0.6) is 11.5 Å². The van der Waals surface area contributed by atoms with Gasteiger partial charge in [-0.05, 0) is 12.1 Å². The van der Waals surface area contributed by atoms with Gasteiger partial charge in [0.15, 0.2) is 23.1 Å². The van der Waals surface area contributed by atoms with Crippen molar-refractivity contribution in [1.82, 2.24) is 4.98 Å². The fraction of sp³-hybridized carbons (Fsp3) is 0.143. The van der Waals surface area contributed by atoms with Gasteiger partial charge >= 0.3 is 0 Å². The predicted molar refractivity (Wildman–Crippen MR) is 72.4 cm³/mol. The van der Waals surface area contributed by atoms with Gasteiger partial charge in [0.25, 0.3) is 0 Å². The minimum Gasteiger partial charge on any atom is -0.494 e. The molecule has 21 heavy (non-hydrogen) atoms. The summed E-state index contributed by atoms with van der Waals surface area (Å²) in [6, 6.07) is 5.54. The van der Waals surface area contributed by atoms with Crippen molar-refractivity contribution in [2.24, 2.45) is 0 Å². The Bertz CT molecular complexity index is 716. The smallest absolute Gasteiger partial charge is 0.177 e. The molecule has 0 aliphatic rings. The lowest BCUT2D eigenvalue weighted by Gasteiger charge is -2.12. The molecule has 0 fully saturated rings. The Hall–Kier alpha value is -2.39. The molecule has 0 atom stereocenters. The first-order valence-electron chi connectivity index (χ1n) is 5.70. The average Bonchev–Trinajstić information content (AvgIpc) is 2.48. The molecule has 0 radical (unpaired) electrons. The van der Waals surface area contributed by atoms with Gasteiger partial charge in [-0.25, -0.2) is 13.8 Å². The van der Waals surface area contributed by atoms with E-state index < -0.39 is 17.2 Å². The minimum atomic E-state index is -0.927. The van der Waals surface area contributed by atoms with E-state index >= 15 is 0 Å². The lowest BCUT2D eigenvalue weighted by atomic mass is 10.1. The van der Waals surface area contributed by atoms with Gasteiger partial charge in [0.2, 0.25) is 0 Å². The molecule has 2 rings (SSSR count). The standard InChI is InChI=1S/C14H9ClF2N2O2/c1-20-9-5-10(21-2)13(17)11(12(9)16)8-4-3-7(6-18)14(15)19-8/h3-5H,1-2H3. The van der Waals surface area contributed by atoms with Crippen LogP contribution in [0.2, 0.25) is 5.15 Å². The van der Waals surface area contributed by atoms with E-state index in [1.54, 1.807) is 0 Å². The van der Waals surface area contributed by atoms with Crippen molar-refractivity contribution in [3.8, 4) is 28.8 Å². The molecule has 0 aliphatic heterocycles. The molecule has 1 heterocycles. The zero-order valence-electron chi connectivity index (χ0n) is 11.1. The first-order chi connectivity index (χ1) is 10.0. The number of hydrogen-bond donors (Lipinski definition) is 0. The number of methoxy groups -OCH3 is 2. The molecular weight excluding hydrogens is 302 g/mol. The molecule has 4 nitrogen and oxygen atoms in total. The van der Waals surface area contributed by atoms with Gasteiger partial charge in [-0.2, -0.15) is 5.26 Å². The largest absolute Gasteiger partial charge is 0.494 e. The van der Waals surface area contributed by atoms with Crippen LogP contribution >= 0.6 is 11.6 Å². The summed E-state index contributed by atoms with van der Waals surface area (Å²) < 4.78 is 38.3. The molecule has 0 saturated heterocycles. The second-order valence-corrected chi connectivity index (χ2v) is 4.29. The highest BCUT2D eigenvalue weighted by atomic mass is 35.5. The van der Waals surface area contributed by atoms with Crippen molar-refractivity contribution in [1.29, 1.82) is 5.26 Å². The summed E-state index contributed by atoms with van der Waals surface area (Å²) >= 11 is 5.79. The van der Waals surface area contributed by atoms with Crippen molar-refractivity contribution >= 4 is 11.6 Å². The second-order valence-electron chi connectivity index (χ2n) is 3.93. The monoisotopic (exact) mass is 310 g/mol. The second kappa shape index (κ2) is 5.94. The summed E-state index contributed by atoms with van der Waals surface area (Å²) in [5.74, 6) is -2.23. The molecule has 2 aromatic rings. The summed E-state index contributed by atoms with van der Waals surface area (Å²) in [6.07, 6.45) is 0. The Kier molecular flexibility index (Phi) is 4.24. The van der Waals surface area contributed by atoms with E-state index in [1.165, 1.54) is 26.4 Å². The molecule has 7 heteroatoms. The Morgan fingerprint density at radius 2 is 1.71 bits per heavy atom. The van der Waals surface area contributed by atoms with Gasteiger partial charge in [-0.15, -0.1) is 0 Å². The van der Waals surface area contributed by atoms with Crippen molar-refractivity contribution in [2.75, 3.05) is 14.2 Å². The molecule has 0 N–H and O–H groups in total. The third-order valence-electron chi connectivity index (χ3n) is 2.80. The third-order valence-corrected chi connectivity index (χ3v) is 3.09. The molecular formula is C14H9ClF2N2O2. The number of hydrogen-bond acceptors (Lipinski definition) is 4.